The van der Waals surface area contributed by atoms with E-state index in [4.69, 9.17) is 0 Å². The summed E-state index contributed by atoms with van der Waals surface area (Å²) in [7, 11) is 0. The molecule has 0 atom stereocenters. The van der Waals surface area contributed by atoms with Crippen LogP contribution in [-0.2, 0) is 5.41 Å². The Hall–Kier alpha value is -0.780. The highest BCUT2D eigenvalue weighted by Gasteiger charge is 2.21. The molecule has 0 nitrogen and oxygen atoms in total. The maximum Gasteiger partial charge on any atom is -0.00805 e. The van der Waals surface area contributed by atoms with Crippen molar-refractivity contribution in [3.05, 3.63) is 35.4 Å². The van der Waals surface area contributed by atoms with E-state index in [0.717, 1.165) is 0 Å². The maximum absolute atomic E-state index is 2.34. The minimum atomic E-state index is 0. The first kappa shape index (κ1) is 16.6. The lowest BCUT2D eigenvalue weighted by molar-refractivity contribution is 0.439. The van der Waals surface area contributed by atoms with Gasteiger partial charge in [-0.3, -0.25) is 0 Å². The van der Waals surface area contributed by atoms with E-state index < -0.39 is 0 Å². The SMILES string of the molecule is C.C.CCC(C)(CC)c1ccc(C)cc1. The van der Waals surface area contributed by atoms with Crippen LogP contribution in [0, 0.1) is 6.92 Å². The van der Waals surface area contributed by atoms with Crippen molar-refractivity contribution in [3.63, 3.8) is 0 Å². The summed E-state index contributed by atoms with van der Waals surface area (Å²) >= 11 is 0. The first-order chi connectivity index (χ1) is 6.12. The summed E-state index contributed by atoms with van der Waals surface area (Å²) in [6.45, 7) is 9.02. The van der Waals surface area contributed by atoms with Crippen molar-refractivity contribution in [1.29, 1.82) is 0 Å². The van der Waals surface area contributed by atoms with E-state index in [0.29, 0.717) is 5.41 Å². The zero-order chi connectivity index (χ0) is 9.90. The average Bonchev–Trinajstić information content (AvgIpc) is 2.18. The topological polar surface area (TPSA) is 0 Å². The summed E-state index contributed by atoms with van der Waals surface area (Å²) in [5, 5.41) is 0. The number of benzene rings is 1. The zero-order valence-electron chi connectivity index (χ0n) is 9.22. The van der Waals surface area contributed by atoms with E-state index in [1.165, 1.54) is 24.0 Å². The monoisotopic (exact) mass is 208 g/mol. The average molecular weight is 208 g/mol. The van der Waals surface area contributed by atoms with Crippen molar-refractivity contribution in [2.75, 3.05) is 0 Å². The lowest BCUT2D eigenvalue weighted by Crippen LogP contribution is -2.19. The molecule has 15 heavy (non-hydrogen) atoms. The fourth-order valence-corrected chi connectivity index (χ4v) is 1.61. The summed E-state index contributed by atoms with van der Waals surface area (Å²) in [4.78, 5) is 0. The van der Waals surface area contributed by atoms with Gasteiger partial charge in [0.05, 0.1) is 0 Å². The van der Waals surface area contributed by atoms with Crippen molar-refractivity contribution in [3.8, 4) is 0 Å². The Labute approximate surface area is 96.7 Å². The fourth-order valence-electron chi connectivity index (χ4n) is 1.61. The second-order valence-corrected chi connectivity index (χ2v) is 4.13. The number of rotatable bonds is 3. The largest absolute Gasteiger partial charge is 0.0776 e. The molecule has 0 N–H and O–H groups in total. The van der Waals surface area contributed by atoms with Crippen molar-refractivity contribution in [2.45, 2.75) is 60.8 Å². The molecule has 1 aromatic carbocycles. The summed E-state index contributed by atoms with van der Waals surface area (Å²) in [5.41, 5.74) is 3.19. The summed E-state index contributed by atoms with van der Waals surface area (Å²) in [5.74, 6) is 0. The maximum atomic E-state index is 2.34. The molecule has 0 radical (unpaired) electrons. The summed E-state index contributed by atoms with van der Waals surface area (Å²) in [6.07, 6.45) is 2.43. The molecule has 0 aliphatic carbocycles. The Kier molecular flexibility index (Phi) is 7.39. The summed E-state index contributed by atoms with van der Waals surface area (Å²) < 4.78 is 0. The van der Waals surface area contributed by atoms with E-state index in [9.17, 15) is 0 Å². The third kappa shape index (κ3) is 3.70. The molecule has 0 heteroatoms. The predicted molar refractivity (Wildman–Crippen MR) is 72.6 cm³/mol. The van der Waals surface area contributed by atoms with Gasteiger partial charge in [-0.15, -0.1) is 0 Å². The van der Waals surface area contributed by atoms with Crippen LogP contribution in [0.4, 0.5) is 0 Å². The highest BCUT2D eigenvalue weighted by Crippen LogP contribution is 2.30. The highest BCUT2D eigenvalue weighted by atomic mass is 14.3. The first-order valence-electron chi connectivity index (χ1n) is 5.19. The van der Waals surface area contributed by atoms with Crippen LogP contribution in [0.5, 0.6) is 0 Å². The molecule has 0 amide bonds. The van der Waals surface area contributed by atoms with Gasteiger partial charge in [-0.2, -0.15) is 0 Å². The third-order valence-corrected chi connectivity index (χ3v) is 3.31. The molecule has 88 valence electrons. The molecule has 0 saturated carbocycles. The van der Waals surface area contributed by atoms with Crippen LogP contribution in [0.1, 0.15) is 59.6 Å². The van der Waals surface area contributed by atoms with Crippen molar-refractivity contribution in [1.82, 2.24) is 0 Å². The van der Waals surface area contributed by atoms with Gasteiger partial charge < -0.3 is 0 Å². The van der Waals surface area contributed by atoms with Gasteiger partial charge in [-0.1, -0.05) is 65.5 Å². The zero-order valence-corrected chi connectivity index (χ0v) is 9.22. The molecule has 0 aliphatic heterocycles. The standard InChI is InChI=1S/C13H20.2CH4/c1-5-13(4,6-2)12-9-7-11(3)8-10-12;;/h7-10H,5-6H2,1-4H3;2*1H4. The van der Waals surface area contributed by atoms with Crippen LogP contribution < -0.4 is 0 Å². The van der Waals surface area contributed by atoms with Crippen LogP contribution in [0.2, 0.25) is 0 Å². The quantitative estimate of drug-likeness (QED) is 0.628. The number of aryl methyl sites for hydroxylation is 1. The van der Waals surface area contributed by atoms with Gasteiger partial charge in [-0.25, -0.2) is 0 Å². The lowest BCUT2D eigenvalue weighted by atomic mass is 9.78. The molecule has 0 aliphatic rings. The second kappa shape index (κ2) is 6.66. The minimum absolute atomic E-state index is 0. The smallest absolute Gasteiger partial charge is 0.00805 e. The van der Waals surface area contributed by atoms with Crippen molar-refractivity contribution >= 4 is 0 Å². The molecule has 1 rings (SSSR count). The lowest BCUT2D eigenvalue weighted by Gasteiger charge is -2.27. The predicted octanol–water partition coefficient (Wildman–Crippen LogP) is 5.34. The molecule has 1 aromatic rings. The van der Waals surface area contributed by atoms with Gasteiger partial charge in [0.2, 0.25) is 0 Å². The van der Waals surface area contributed by atoms with E-state index >= 15 is 0 Å². The Morgan fingerprint density at radius 2 is 1.33 bits per heavy atom. The second-order valence-electron chi connectivity index (χ2n) is 4.13. The molecular formula is C15H28. The number of hydrogen-bond donors (Lipinski definition) is 0. The Morgan fingerprint density at radius 3 is 1.67 bits per heavy atom. The molecular weight excluding hydrogens is 180 g/mol. The van der Waals surface area contributed by atoms with Crippen molar-refractivity contribution < 1.29 is 0 Å². The van der Waals surface area contributed by atoms with Gasteiger partial charge >= 0.3 is 0 Å². The van der Waals surface area contributed by atoms with Crippen LogP contribution in [0.3, 0.4) is 0 Å². The molecule has 0 bridgehead atoms. The molecule has 0 aromatic heterocycles. The Bertz CT molecular complexity index is 252. The summed E-state index contributed by atoms with van der Waals surface area (Å²) in [6, 6.07) is 8.95. The highest BCUT2D eigenvalue weighted by molar-refractivity contribution is 5.27. The van der Waals surface area contributed by atoms with E-state index in [1.807, 2.05) is 0 Å². The first-order valence-corrected chi connectivity index (χ1v) is 5.19. The van der Waals surface area contributed by atoms with Gasteiger partial charge in [-0.05, 0) is 30.7 Å². The van der Waals surface area contributed by atoms with Gasteiger partial charge in [0.25, 0.3) is 0 Å². The fraction of sp³-hybridized carbons (Fsp3) is 0.600. The van der Waals surface area contributed by atoms with Crippen LogP contribution in [-0.4, -0.2) is 0 Å². The normalized spacial score (nSPS) is 10.1. The molecule has 0 unspecified atom stereocenters. The Morgan fingerprint density at radius 1 is 0.933 bits per heavy atom. The minimum Gasteiger partial charge on any atom is -0.0776 e. The van der Waals surface area contributed by atoms with Crippen LogP contribution >= 0.6 is 0 Å². The van der Waals surface area contributed by atoms with E-state index in [-0.39, 0.29) is 14.9 Å². The Balaban J connectivity index is 0. The van der Waals surface area contributed by atoms with Gasteiger partial charge in [0.15, 0.2) is 0 Å². The van der Waals surface area contributed by atoms with Gasteiger partial charge in [0, 0.05) is 0 Å². The molecule has 0 saturated heterocycles. The van der Waals surface area contributed by atoms with E-state index in [1.54, 1.807) is 0 Å². The third-order valence-electron chi connectivity index (χ3n) is 3.31. The van der Waals surface area contributed by atoms with Gasteiger partial charge in [0.1, 0.15) is 0 Å². The molecule has 0 heterocycles. The molecule has 0 fully saturated rings. The van der Waals surface area contributed by atoms with Crippen molar-refractivity contribution in [2.24, 2.45) is 0 Å². The number of hydrogen-bond acceptors (Lipinski definition) is 0. The molecule has 0 spiro atoms. The van der Waals surface area contributed by atoms with E-state index in [2.05, 4.69) is 52.0 Å². The van der Waals surface area contributed by atoms with Crippen LogP contribution in [0.25, 0.3) is 0 Å². The van der Waals surface area contributed by atoms with Crippen LogP contribution in [0.15, 0.2) is 24.3 Å².